The number of nitrogens with one attached hydrogen (secondary N) is 1. The second-order valence-corrected chi connectivity index (χ2v) is 5.22. The molecule has 1 aromatic rings. The van der Waals surface area contributed by atoms with Crippen molar-refractivity contribution in [2.45, 2.75) is 32.3 Å². The van der Waals surface area contributed by atoms with Gasteiger partial charge in [-0.2, -0.15) is 0 Å². The summed E-state index contributed by atoms with van der Waals surface area (Å²) in [6.45, 7) is 6.74. The van der Waals surface area contributed by atoms with Gasteiger partial charge in [-0.3, -0.25) is 0 Å². The Morgan fingerprint density at radius 1 is 1.28 bits per heavy atom. The van der Waals surface area contributed by atoms with Crippen molar-refractivity contribution in [3.63, 3.8) is 0 Å². The molecule has 1 fully saturated rings. The summed E-state index contributed by atoms with van der Waals surface area (Å²) in [5.74, 6) is 1.03. The molecule has 0 unspecified atom stereocenters. The number of ether oxygens (including phenoxy) is 2. The monoisotopic (exact) mass is 249 g/mol. The largest absolute Gasteiger partial charge is 0.486 e. The molecule has 1 aromatic carbocycles. The van der Waals surface area contributed by atoms with Gasteiger partial charge >= 0.3 is 0 Å². The topological polar surface area (TPSA) is 30.5 Å². The van der Waals surface area contributed by atoms with Gasteiger partial charge in [-0.1, -0.05) is 12.1 Å². The molecule has 0 spiro atoms. The summed E-state index contributed by atoms with van der Waals surface area (Å²) >= 11 is 0. The van der Waals surface area contributed by atoms with Crippen LogP contribution in [-0.4, -0.2) is 32.4 Å². The molecule has 0 saturated heterocycles. The molecule has 100 valence electrons. The Kier molecular flexibility index (Phi) is 4.25. The SMILES string of the molecule is COCCNCC1(Oc2cc(C)ccc2C)CC1. The Bertz CT molecular complexity index is 399. The van der Waals surface area contributed by atoms with Gasteiger partial charge in [0.2, 0.25) is 0 Å². The highest BCUT2D eigenvalue weighted by atomic mass is 16.5. The molecular weight excluding hydrogens is 226 g/mol. The molecule has 0 radical (unpaired) electrons. The minimum absolute atomic E-state index is 0.0201. The van der Waals surface area contributed by atoms with Gasteiger partial charge in [0.15, 0.2) is 0 Å². The van der Waals surface area contributed by atoms with E-state index in [1.807, 2.05) is 0 Å². The van der Waals surface area contributed by atoms with E-state index in [0.717, 1.165) is 38.3 Å². The zero-order valence-electron chi connectivity index (χ0n) is 11.6. The number of hydrogen-bond acceptors (Lipinski definition) is 3. The van der Waals surface area contributed by atoms with Crippen LogP contribution in [0.4, 0.5) is 0 Å². The van der Waals surface area contributed by atoms with E-state index in [1.165, 1.54) is 11.1 Å². The summed E-state index contributed by atoms with van der Waals surface area (Å²) in [6, 6.07) is 6.38. The lowest BCUT2D eigenvalue weighted by Gasteiger charge is -2.20. The van der Waals surface area contributed by atoms with Gasteiger partial charge in [-0.05, 0) is 43.9 Å². The van der Waals surface area contributed by atoms with Crippen molar-refractivity contribution in [3.05, 3.63) is 29.3 Å². The highest BCUT2D eigenvalue weighted by Gasteiger charge is 2.45. The van der Waals surface area contributed by atoms with Gasteiger partial charge in [0.1, 0.15) is 11.4 Å². The molecule has 3 heteroatoms. The molecule has 0 atom stereocenters. The van der Waals surface area contributed by atoms with E-state index in [9.17, 15) is 0 Å². The summed E-state index contributed by atoms with van der Waals surface area (Å²) in [4.78, 5) is 0. The second kappa shape index (κ2) is 5.72. The van der Waals surface area contributed by atoms with Crippen LogP contribution >= 0.6 is 0 Å². The Balaban J connectivity index is 1.90. The number of hydrogen-bond donors (Lipinski definition) is 1. The zero-order valence-corrected chi connectivity index (χ0v) is 11.6. The summed E-state index contributed by atoms with van der Waals surface area (Å²) in [5.41, 5.74) is 2.48. The van der Waals surface area contributed by atoms with Crippen LogP contribution in [0.2, 0.25) is 0 Å². The minimum atomic E-state index is 0.0201. The molecule has 1 aliphatic rings. The molecule has 0 amide bonds. The van der Waals surface area contributed by atoms with Crippen LogP contribution in [0, 0.1) is 13.8 Å². The maximum Gasteiger partial charge on any atom is 0.123 e. The first-order chi connectivity index (χ1) is 8.65. The van der Waals surface area contributed by atoms with Crippen molar-refractivity contribution in [3.8, 4) is 5.75 Å². The third-order valence-electron chi connectivity index (χ3n) is 3.41. The quantitative estimate of drug-likeness (QED) is 0.753. The first-order valence-corrected chi connectivity index (χ1v) is 6.61. The number of methoxy groups -OCH3 is 1. The normalized spacial score (nSPS) is 16.6. The van der Waals surface area contributed by atoms with E-state index in [4.69, 9.17) is 9.47 Å². The summed E-state index contributed by atoms with van der Waals surface area (Å²) in [7, 11) is 1.72. The van der Waals surface area contributed by atoms with Gasteiger partial charge in [0, 0.05) is 20.2 Å². The van der Waals surface area contributed by atoms with Gasteiger partial charge < -0.3 is 14.8 Å². The van der Waals surface area contributed by atoms with Crippen LogP contribution in [0.3, 0.4) is 0 Å². The van der Waals surface area contributed by atoms with Crippen molar-refractivity contribution < 1.29 is 9.47 Å². The standard InChI is InChI=1S/C15H23NO2/c1-12-4-5-13(2)14(10-12)18-15(6-7-15)11-16-8-9-17-3/h4-5,10,16H,6-9,11H2,1-3H3. The van der Waals surface area contributed by atoms with E-state index in [2.05, 4.69) is 37.4 Å². The molecule has 3 nitrogen and oxygen atoms in total. The van der Waals surface area contributed by atoms with Gasteiger partial charge in [0.25, 0.3) is 0 Å². The molecule has 2 rings (SSSR count). The maximum absolute atomic E-state index is 6.20. The highest BCUT2D eigenvalue weighted by Crippen LogP contribution is 2.40. The van der Waals surface area contributed by atoms with Crippen molar-refractivity contribution in [2.75, 3.05) is 26.8 Å². The van der Waals surface area contributed by atoms with Crippen molar-refractivity contribution in [1.29, 1.82) is 0 Å². The van der Waals surface area contributed by atoms with Gasteiger partial charge in [-0.15, -0.1) is 0 Å². The van der Waals surface area contributed by atoms with Crippen LogP contribution in [0.25, 0.3) is 0 Å². The van der Waals surface area contributed by atoms with Gasteiger partial charge in [0.05, 0.1) is 6.61 Å². The molecular formula is C15H23NO2. The van der Waals surface area contributed by atoms with E-state index < -0.39 is 0 Å². The third-order valence-corrected chi connectivity index (χ3v) is 3.41. The lowest BCUT2D eigenvalue weighted by molar-refractivity contribution is 0.161. The fourth-order valence-electron chi connectivity index (χ4n) is 2.00. The zero-order chi connectivity index (χ0) is 13.0. The Hall–Kier alpha value is -1.06. The van der Waals surface area contributed by atoms with Crippen LogP contribution in [0.15, 0.2) is 18.2 Å². The maximum atomic E-state index is 6.20. The van der Waals surface area contributed by atoms with E-state index >= 15 is 0 Å². The van der Waals surface area contributed by atoms with Gasteiger partial charge in [-0.25, -0.2) is 0 Å². The summed E-state index contributed by atoms with van der Waals surface area (Å²) in [5, 5.41) is 3.39. The molecule has 0 aromatic heterocycles. The number of aryl methyl sites for hydroxylation is 2. The molecule has 0 aliphatic heterocycles. The average Bonchev–Trinajstić information content (AvgIpc) is 3.10. The van der Waals surface area contributed by atoms with E-state index in [-0.39, 0.29) is 5.60 Å². The number of rotatable bonds is 7. The second-order valence-electron chi connectivity index (χ2n) is 5.22. The molecule has 0 heterocycles. The van der Waals surface area contributed by atoms with Crippen LogP contribution < -0.4 is 10.1 Å². The lowest BCUT2D eigenvalue weighted by atomic mass is 10.1. The van der Waals surface area contributed by atoms with Crippen LogP contribution in [-0.2, 0) is 4.74 Å². The van der Waals surface area contributed by atoms with Crippen molar-refractivity contribution in [1.82, 2.24) is 5.32 Å². The molecule has 1 N–H and O–H groups in total. The highest BCUT2D eigenvalue weighted by molar-refractivity contribution is 5.37. The Labute approximate surface area is 109 Å². The van der Waals surface area contributed by atoms with E-state index in [1.54, 1.807) is 7.11 Å². The smallest absolute Gasteiger partial charge is 0.123 e. The van der Waals surface area contributed by atoms with Crippen LogP contribution in [0.5, 0.6) is 5.75 Å². The minimum Gasteiger partial charge on any atom is -0.486 e. The fraction of sp³-hybridized carbons (Fsp3) is 0.600. The van der Waals surface area contributed by atoms with Crippen molar-refractivity contribution >= 4 is 0 Å². The molecule has 18 heavy (non-hydrogen) atoms. The predicted octanol–water partition coefficient (Wildman–Crippen LogP) is 2.45. The average molecular weight is 249 g/mol. The lowest BCUT2D eigenvalue weighted by Crippen LogP contribution is -2.35. The number of benzene rings is 1. The predicted molar refractivity (Wildman–Crippen MR) is 73.3 cm³/mol. The summed E-state index contributed by atoms with van der Waals surface area (Å²) < 4.78 is 11.2. The first-order valence-electron chi connectivity index (χ1n) is 6.61. The van der Waals surface area contributed by atoms with Crippen molar-refractivity contribution in [2.24, 2.45) is 0 Å². The third kappa shape index (κ3) is 3.47. The molecule has 1 saturated carbocycles. The van der Waals surface area contributed by atoms with Crippen LogP contribution in [0.1, 0.15) is 24.0 Å². The fourth-order valence-corrected chi connectivity index (χ4v) is 2.00. The molecule has 1 aliphatic carbocycles. The first kappa shape index (κ1) is 13.4. The van der Waals surface area contributed by atoms with E-state index in [0.29, 0.717) is 0 Å². The Morgan fingerprint density at radius 3 is 2.72 bits per heavy atom. The Morgan fingerprint density at radius 2 is 2.06 bits per heavy atom. The summed E-state index contributed by atoms with van der Waals surface area (Å²) in [6.07, 6.45) is 2.28. The molecule has 0 bridgehead atoms.